The molecule has 6 nitrogen and oxygen atoms in total. The molecule has 25 heavy (non-hydrogen) atoms. The zero-order valence-corrected chi connectivity index (χ0v) is 16.4. The highest BCUT2D eigenvalue weighted by molar-refractivity contribution is 7.98. The van der Waals surface area contributed by atoms with E-state index in [1.165, 1.54) is 11.9 Å². The number of pyridine rings is 1. The molecule has 0 aliphatic rings. The van der Waals surface area contributed by atoms with Crippen LogP contribution in [0.2, 0.25) is 5.15 Å². The maximum Gasteiger partial charge on any atom is 0.412 e. The number of hydrogen-bond acceptors (Lipinski definition) is 5. The zero-order chi connectivity index (χ0) is 18.6. The fourth-order valence-electron chi connectivity index (χ4n) is 1.96. The highest BCUT2D eigenvalue weighted by atomic mass is 35.5. The van der Waals surface area contributed by atoms with Crippen molar-refractivity contribution < 1.29 is 9.53 Å². The average molecular weight is 381 g/mol. The lowest BCUT2D eigenvalue weighted by molar-refractivity contribution is 0.0636. The third kappa shape index (κ3) is 5.79. The van der Waals surface area contributed by atoms with Crippen molar-refractivity contribution in [2.75, 3.05) is 19.4 Å². The van der Waals surface area contributed by atoms with Crippen LogP contribution in [0.4, 0.5) is 10.5 Å². The van der Waals surface area contributed by atoms with Crippen LogP contribution in [0.5, 0.6) is 0 Å². The van der Waals surface area contributed by atoms with E-state index in [2.05, 4.69) is 14.7 Å². The third-order valence-electron chi connectivity index (χ3n) is 2.87. The van der Waals surface area contributed by atoms with E-state index in [9.17, 15) is 4.79 Å². The van der Waals surface area contributed by atoms with Crippen molar-refractivity contribution in [2.45, 2.75) is 31.3 Å². The molecule has 0 aliphatic carbocycles. The maximum atomic E-state index is 12.0. The highest BCUT2D eigenvalue weighted by Crippen LogP contribution is 2.34. The van der Waals surface area contributed by atoms with E-state index in [-0.39, 0.29) is 0 Å². The first-order valence-electron chi connectivity index (χ1n) is 7.61. The van der Waals surface area contributed by atoms with Gasteiger partial charge in [0, 0.05) is 53.6 Å². The molecule has 0 bridgehead atoms. The standard InChI is InChI=1S/C17H21ClN4O2S/c1-17(2,3)24-16(23)21-11-8-13-12(6-7-19-15(13)18)14(9-11)25-20-10-22(4)5/h6-10H,1-5H3,(H,21,23)/b20-10+. The molecule has 0 fully saturated rings. The molecule has 1 amide bonds. The minimum Gasteiger partial charge on any atom is -0.444 e. The molecule has 0 spiro atoms. The van der Waals surface area contributed by atoms with Crippen molar-refractivity contribution >= 4 is 52.4 Å². The second-order valence-electron chi connectivity index (χ2n) is 6.57. The summed E-state index contributed by atoms with van der Waals surface area (Å²) in [5.41, 5.74) is -0.00697. The summed E-state index contributed by atoms with van der Waals surface area (Å²) < 4.78 is 9.61. The van der Waals surface area contributed by atoms with Crippen LogP contribution in [0.25, 0.3) is 10.8 Å². The summed E-state index contributed by atoms with van der Waals surface area (Å²) in [4.78, 5) is 18.8. The Balaban J connectivity index is 2.37. The van der Waals surface area contributed by atoms with Crippen LogP contribution in [0.3, 0.4) is 0 Å². The quantitative estimate of drug-likeness (QED) is 0.356. The Hall–Kier alpha value is -1.99. The van der Waals surface area contributed by atoms with Gasteiger partial charge in [-0.2, -0.15) is 0 Å². The summed E-state index contributed by atoms with van der Waals surface area (Å²) in [5.74, 6) is 0. The van der Waals surface area contributed by atoms with E-state index in [0.29, 0.717) is 10.8 Å². The molecule has 2 rings (SSSR count). The molecular formula is C17H21ClN4O2S. The Kier molecular flexibility index (Phi) is 6.13. The summed E-state index contributed by atoms with van der Waals surface area (Å²) in [5, 5.41) is 4.75. The van der Waals surface area contributed by atoms with Gasteiger partial charge in [-0.05, 0) is 39.0 Å². The normalized spacial score (nSPS) is 11.8. The van der Waals surface area contributed by atoms with E-state index >= 15 is 0 Å². The van der Waals surface area contributed by atoms with Gasteiger partial charge in [-0.3, -0.25) is 5.32 Å². The van der Waals surface area contributed by atoms with Gasteiger partial charge in [-0.25, -0.2) is 14.2 Å². The van der Waals surface area contributed by atoms with Crippen molar-refractivity contribution in [1.29, 1.82) is 0 Å². The van der Waals surface area contributed by atoms with Crippen LogP contribution >= 0.6 is 23.5 Å². The Morgan fingerprint density at radius 2 is 2.08 bits per heavy atom. The smallest absolute Gasteiger partial charge is 0.412 e. The number of hydrogen-bond donors (Lipinski definition) is 1. The fourth-order valence-corrected chi connectivity index (χ4v) is 2.98. The lowest BCUT2D eigenvalue weighted by Crippen LogP contribution is -2.27. The Labute approximate surface area is 156 Å². The van der Waals surface area contributed by atoms with Crippen molar-refractivity contribution in [2.24, 2.45) is 4.40 Å². The molecule has 1 N–H and O–H groups in total. The van der Waals surface area contributed by atoms with Crippen molar-refractivity contribution in [3.05, 3.63) is 29.5 Å². The van der Waals surface area contributed by atoms with Crippen LogP contribution in [0.15, 0.2) is 33.7 Å². The predicted molar refractivity (Wildman–Crippen MR) is 105 cm³/mol. The first kappa shape index (κ1) is 19.3. The Bertz CT molecular complexity index is 803. The van der Waals surface area contributed by atoms with Gasteiger partial charge in [0.25, 0.3) is 0 Å². The lowest BCUT2D eigenvalue weighted by Gasteiger charge is -2.20. The molecule has 0 saturated carbocycles. The van der Waals surface area contributed by atoms with E-state index in [1.807, 2.05) is 51.9 Å². The molecule has 0 radical (unpaired) electrons. The van der Waals surface area contributed by atoms with Gasteiger partial charge in [0.2, 0.25) is 0 Å². The molecule has 1 heterocycles. The van der Waals surface area contributed by atoms with E-state index < -0.39 is 11.7 Å². The number of aromatic nitrogens is 1. The molecule has 0 saturated heterocycles. The Morgan fingerprint density at radius 3 is 2.72 bits per heavy atom. The van der Waals surface area contributed by atoms with Crippen LogP contribution < -0.4 is 5.32 Å². The molecule has 0 aliphatic heterocycles. The summed E-state index contributed by atoms with van der Waals surface area (Å²) in [6, 6.07) is 5.47. The number of rotatable bonds is 4. The van der Waals surface area contributed by atoms with Gasteiger partial charge in [0.1, 0.15) is 10.8 Å². The molecule has 8 heteroatoms. The van der Waals surface area contributed by atoms with Gasteiger partial charge in [-0.1, -0.05) is 11.6 Å². The van der Waals surface area contributed by atoms with Gasteiger partial charge < -0.3 is 9.64 Å². The number of benzene rings is 1. The number of amides is 1. The molecule has 2 aromatic rings. The summed E-state index contributed by atoms with van der Waals surface area (Å²) >= 11 is 7.51. The van der Waals surface area contributed by atoms with E-state index in [4.69, 9.17) is 16.3 Å². The number of nitrogens with zero attached hydrogens (tertiary/aromatic N) is 3. The first-order valence-corrected chi connectivity index (χ1v) is 8.76. The lowest BCUT2D eigenvalue weighted by atomic mass is 10.1. The monoisotopic (exact) mass is 380 g/mol. The molecular weight excluding hydrogens is 360 g/mol. The Morgan fingerprint density at radius 1 is 1.36 bits per heavy atom. The highest BCUT2D eigenvalue weighted by Gasteiger charge is 2.17. The zero-order valence-electron chi connectivity index (χ0n) is 14.8. The number of carbonyl (C=O) groups excluding carboxylic acids is 1. The molecule has 0 unspecified atom stereocenters. The number of nitrogens with one attached hydrogen (secondary N) is 1. The number of ether oxygens (including phenoxy) is 1. The van der Waals surface area contributed by atoms with Gasteiger partial charge in [0.15, 0.2) is 0 Å². The number of fused-ring (bicyclic) bond motifs is 1. The van der Waals surface area contributed by atoms with Crippen LogP contribution in [-0.2, 0) is 4.74 Å². The molecule has 1 aromatic heterocycles. The van der Waals surface area contributed by atoms with Gasteiger partial charge in [0.05, 0.1) is 6.34 Å². The first-order chi connectivity index (χ1) is 11.7. The van der Waals surface area contributed by atoms with E-state index in [1.54, 1.807) is 18.6 Å². The van der Waals surface area contributed by atoms with Gasteiger partial charge in [-0.15, -0.1) is 0 Å². The van der Waals surface area contributed by atoms with Crippen molar-refractivity contribution in [3.8, 4) is 0 Å². The number of carbonyl (C=O) groups is 1. The molecule has 0 atom stereocenters. The minimum atomic E-state index is -0.576. The summed E-state index contributed by atoms with van der Waals surface area (Å²) in [6.45, 7) is 5.43. The molecule has 134 valence electrons. The predicted octanol–water partition coefficient (Wildman–Crippen LogP) is 4.83. The second-order valence-corrected chi connectivity index (χ2v) is 7.77. The minimum absolute atomic E-state index is 0.365. The fraction of sp³-hybridized carbons (Fsp3) is 0.353. The second kappa shape index (κ2) is 7.93. The summed E-state index contributed by atoms with van der Waals surface area (Å²) in [7, 11) is 3.78. The van der Waals surface area contributed by atoms with Crippen LogP contribution in [0, 0.1) is 0 Å². The largest absolute Gasteiger partial charge is 0.444 e. The third-order valence-corrected chi connectivity index (χ3v) is 3.90. The van der Waals surface area contributed by atoms with Gasteiger partial charge >= 0.3 is 6.09 Å². The summed E-state index contributed by atoms with van der Waals surface area (Å²) in [6.07, 6.45) is 2.82. The van der Waals surface area contributed by atoms with Crippen LogP contribution in [0.1, 0.15) is 20.8 Å². The van der Waals surface area contributed by atoms with Crippen molar-refractivity contribution in [3.63, 3.8) is 0 Å². The van der Waals surface area contributed by atoms with Crippen molar-refractivity contribution in [1.82, 2.24) is 9.88 Å². The number of halogens is 1. The number of anilines is 1. The maximum absolute atomic E-state index is 12.0. The van der Waals surface area contributed by atoms with Crippen LogP contribution in [-0.4, -0.2) is 42.0 Å². The average Bonchev–Trinajstić information content (AvgIpc) is 2.46. The SMILES string of the molecule is CN(C)/C=N/Sc1cc(NC(=O)OC(C)(C)C)cc2c(Cl)nccc12. The van der Waals surface area contributed by atoms with E-state index in [0.717, 1.165) is 15.7 Å². The topological polar surface area (TPSA) is 66.8 Å². The molecule has 1 aromatic carbocycles.